The van der Waals surface area contributed by atoms with E-state index in [1.165, 1.54) is 11.8 Å². The van der Waals surface area contributed by atoms with Gasteiger partial charge >= 0.3 is 12.0 Å². The lowest BCUT2D eigenvalue weighted by molar-refractivity contribution is -0.414. The number of carbonyl (C=O) groups excluding carboxylic acids is 2. The Balaban J connectivity index is 1.75. The van der Waals surface area contributed by atoms with Gasteiger partial charge in [0.15, 0.2) is 6.29 Å². The Morgan fingerprint density at radius 3 is 2.38 bits per heavy atom. The standard InChI is InChI=1S/C28H49N5O16S/c29-10(5-34)19(41)23(12(38)6-35)49-28(33-18-11(32-27(33)45)9-50-15(18)3-1-2-4-16(39)40)25(31)22(44)24(14(8-37)48-28)47-26-17(30)21(43)20(42)13(7-36)46-26/h5,10-15,17-26,35-38,41-44H,1-4,6-9,29-31H2,(H,32,45)(H,39,40)/t10?,11-,12?,13-,14-,15-,17?,18-,19?,20?,21?,22+,23?,24-,25-,26?,28+/m1/s1. The van der Waals surface area contributed by atoms with Gasteiger partial charge in [-0.25, -0.2) is 4.79 Å². The zero-order chi connectivity index (χ0) is 37.1. The molecule has 0 radical (unpaired) electrons. The third-order valence-electron chi connectivity index (χ3n) is 9.55. The first-order chi connectivity index (χ1) is 23.7. The molecule has 22 heteroatoms. The number of carboxylic acids is 1. The number of nitrogens with two attached hydrogens (primary N) is 3. The summed E-state index contributed by atoms with van der Waals surface area (Å²) in [5.74, 6) is -3.28. The molecule has 0 aliphatic carbocycles. The number of aldehydes is 1. The van der Waals surface area contributed by atoms with Gasteiger partial charge in [0.2, 0.25) is 0 Å². The quantitative estimate of drug-likeness (QED) is 0.0374. The minimum atomic E-state index is -2.69. The molecule has 4 aliphatic rings. The number of rotatable bonds is 17. The smallest absolute Gasteiger partial charge is 0.322 e. The van der Waals surface area contributed by atoms with Crippen LogP contribution in [-0.2, 0) is 28.5 Å². The number of aliphatic carboxylic acids is 1. The van der Waals surface area contributed by atoms with Gasteiger partial charge in [0.1, 0.15) is 67.3 Å². The van der Waals surface area contributed by atoms with Crippen LogP contribution in [0.4, 0.5) is 4.79 Å². The fourth-order valence-electron chi connectivity index (χ4n) is 6.79. The van der Waals surface area contributed by atoms with Gasteiger partial charge in [0.05, 0.1) is 44.0 Å². The van der Waals surface area contributed by atoms with Crippen LogP contribution in [0.5, 0.6) is 0 Å². The van der Waals surface area contributed by atoms with Gasteiger partial charge in [-0.05, 0) is 12.8 Å². The molecule has 0 bridgehead atoms. The number of aliphatic hydroxyl groups is 8. The number of unbranched alkanes of at least 4 members (excludes halogenated alkanes) is 1. The van der Waals surface area contributed by atoms with Crippen LogP contribution >= 0.6 is 11.8 Å². The predicted molar refractivity (Wildman–Crippen MR) is 168 cm³/mol. The summed E-state index contributed by atoms with van der Waals surface area (Å²) in [6, 6.07) is -7.25. The molecular formula is C28H49N5O16S. The Kier molecular flexibility index (Phi) is 14.2. The van der Waals surface area contributed by atoms with E-state index < -0.39 is 129 Å². The van der Waals surface area contributed by atoms with Crippen molar-refractivity contribution < 1.29 is 79.3 Å². The van der Waals surface area contributed by atoms with Crippen molar-refractivity contribution in [1.29, 1.82) is 0 Å². The first kappa shape index (κ1) is 40.9. The molecule has 0 aromatic heterocycles. The summed E-state index contributed by atoms with van der Waals surface area (Å²) in [5.41, 5.74) is 18.4. The Labute approximate surface area is 290 Å². The predicted octanol–water partition coefficient (Wildman–Crippen LogP) is -6.98. The van der Waals surface area contributed by atoms with Crippen LogP contribution in [0.15, 0.2) is 0 Å². The minimum Gasteiger partial charge on any atom is -0.481 e. The van der Waals surface area contributed by atoms with E-state index in [1.807, 2.05) is 0 Å². The summed E-state index contributed by atoms with van der Waals surface area (Å²) >= 11 is 1.45. The van der Waals surface area contributed by atoms with Crippen molar-refractivity contribution in [2.45, 2.75) is 128 Å². The van der Waals surface area contributed by atoms with Crippen LogP contribution in [0, 0.1) is 0 Å². The molecule has 17 atom stereocenters. The molecule has 288 valence electrons. The molecule has 16 N–H and O–H groups in total. The SMILES string of the molecule is NC(C=O)C(O)C(O[C@@]1(N2C(=O)N[C@@H]3CS[C@H](CCCCC(=O)O)[C@@H]32)O[C@H](CO)[C@@H](OC2O[C@H](CO)C(O)C(O)C2N)[C@H](O)[C@H]1N)C(O)CO. The fraction of sp³-hybridized carbons (Fsp3) is 0.893. The zero-order valence-electron chi connectivity index (χ0n) is 26.9. The molecule has 0 spiro atoms. The Bertz CT molecular complexity index is 1160. The average Bonchev–Trinajstić information content (AvgIpc) is 3.64. The number of hydrogen-bond donors (Lipinski definition) is 13. The first-order valence-electron chi connectivity index (χ1n) is 16.2. The van der Waals surface area contributed by atoms with Crippen molar-refractivity contribution in [3.05, 3.63) is 0 Å². The van der Waals surface area contributed by atoms with Crippen LogP contribution < -0.4 is 22.5 Å². The number of hydrogen-bond acceptors (Lipinski definition) is 19. The number of aliphatic hydroxyl groups excluding tert-OH is 8. The van der Waals surface area contributed by atoms with Gasteiger partial charge < -0.3 is 92.2 Å². The fourth-order valence-corrected chi connectivity index (χ4v) is 8.37. The molecule has 4 saturated heterocycles. The number of carboxylic acid groups (broad SMARTS) is 1. The molecule has 4 heterocycles. The number of carbonyl (C=O) groups is 3. The van der Waals surface area contributed by atoms with E-state index in [1.54, 1.807) is 0 Å². The second-order valence-corrected chi connectivity index (χ2v) is 14.1. The topological polar surface area (TPSA) is 364 Å². The van der Waals surface area contributed by atoms with Crippen LogP contribution in [0.3, 0.4) is 0 Å². The third kappa shape index (κ3) is 8.05. The van der Waals surface area contributed by atoms with Crippen LogP contribution in [0.2, 0.25) is 0 Å². The highest BCUT2D eigenvalue weighted by molar-refractivity contribution is 8.00. The highest BCUT2D eigenvalue weighted by atomic mass is 32.2. The minimum absolute atomic E-state index is 0.0851. The Morgan fingerprint density at radius 1 is 1.10 bits per heavy atom. The summed E-state index contributed by atoms with van der Waals surface area (Å²) in [6.45, 7) is -2.76. The van der Waals surface area contributed by atoms with Gasteiger partial charge in [-0.15, -0.1) is 0 Å². The molecule has 8 unspecified atom stereocenters. The molecule has 4 fully saturated rings. The van der Waals surface area contributed by atoms with E-state index in [2.05, 4.69) is 5.32 Å². The van der Waals surface area contributed by atoms with Crippen molar-refractivity contribution in [2.75, 3.05) is 25.6 Å². The molecule has 4 aliphatic heterocycles. The molecular weight excluding hydrogens is 694 g/mol. The number of ether oxygens (including phenoxy) is 4. The number of nitrogens with zero attached hydrogens (tertiary/aromatic N) is 1. The highest BCUT2D eigenvalue weighted by Crippen LogP contribution is 2.46. The van der Waals surface area contributed by atoms with Crippen molar-refractivity contribution in [1.82, 2.24) is 10.2 Å². The lowest BCUT2D eigenvalue weighted by Crippen LogP contribution is -2.79. The van der Waals surface area contributed by atoms with Crippen molar-refractivity contribution in [2.24, 2.45) is 17.2 Å². The third-order valence-corrected chi connectivity index (χ3v) is 11.0. The molecule has 0 aromatic rings. The highest BCUT2D eigenvalue weighted by Gasteiger charge is 2.66. The second kappa shape index (κ2) is 17.3. The first-order valence-corrected chi connectivity index (χ1v) is 17.3. The summed E-state index contributed by atoms with van der Waals surface area (Å²) in [7, 11) is 0. The van der Waals surface area contributed by atoms with Gasteiger partial charge in [-0.2, -0.15) is 11.8 Å². The molecule has 2 amide bonds. The van der Waals surface area contributed by atoms with E-state index in [-0.39, 0.29) is 18.0 Å². The Hall–Kier alpha value is -1.84. The number of nitrogens with one attached hydrogen (secondary N) is 1. The van der Waals surface area contributed by atoms with Gasteiger partial charge in [-0.1, -0.05) is 6.42 Å². The molecule has 50 heavy (non-hydrogen) atoms. The van der Waals surface area contributed by atoms with E-state index in [4.69, 9.17) is 41.3 Å². The van der Waals surface area contributed by atoms with Crippen molar-refractivity contribution in [3.63, 3.8) is 0 Å². The Morgan fingerprint density at radius 2 is 1.78 bits per heavy atom. The number of amides is 2. The normalized spacial score (nSPS) is 41.3. The van der Waals surface area contributed by atoms with Crippen LogP contribution in [0.25, 0.3) is 0 Å². The number of urea groups is 1. The number of fused-ring (bicyclic) bond motifs is 1. The van der Waals surface area contributed by atoms with Crippen LogP contribution in [-0.4, -0.2) is 197 Å². The second-order valence-electron chi connectivity index (χ2n) is 12.8. The van der Waals surface area contributed by atoms with Gasteiger partial charge in [0.25, 0.3) is 5.91 Å². The zero-order valence-corrected chi connectivity index (χ0v) is 27.8. The van der Waals surface area contributed by atoms with Crippen LogP contribution in [0.1, 0.15) is 25.7 Å². The summed E-state index contributed by atoms with van der Waals surface area (Å²) in [5, 5.41) is 95.7. The van der Waals surface area contributed by atoms with E-state index in [9.17, 15) is 55.2 Å². The molecule has 21 nitrogen and oxygen atoms in total. The van der Waals surface area contributed by atoms with Gasteiger partial charge in [-0.3, -0.25) is 9.69 Å². The summed E-state index contributed by atoms with van der Waals surface area (Å²) in [6.07, 6.45) is -16.3. The van der Waals surface area contributed by atoms with E-state index >= 15 is 0 Å². The van der Waals surface area contributed by atoms with Crippen molar-refractivity contribution in [3.8, 4) is 0 Å². The maximum atomic E-state index is 13.8. The lowest BCUT2D eigenvalue weighted by atomic mass is 9.91. The molecule has 4 rings (SSSR count). The van der Waals surface area contributed by atoms with Gasteiger partial charge in [0, 0.05) is 17.4 Å². The number of thioether (sulfide) groups is 1. The van der Waals surface area contributed by atoms with Crippen molar-refractivity contribution >= 4 is 30.0 Å². The molecule has 0 saturated carbocycles. The largest absolute Gasteiger partial charge is 0.481 e. The average molecular weight is 744 g/mol. The maximum absolute atomic E-state index is 13.8. The molecule has 0 aromatic carbocycles. The van der Waals surface area contributed by atoms with E-state index in [0.29, 0.717) is 25.0 Å². The monoisotopic (exact) mass is 743 g/mol. The lowest BCUT2D eigenvalue weighted by Gasteiger charge is -2.56. The van der Waals surface area contributed by atoms with E-state index in [0.717, 1.165) is 4.90 Å². The summed E-state index contributed by atoms with van der Waals surface area (Å²) < 4.78 is 23.8. The summed E-state index contributed by atoms with van der Waals surface area (Å²) in [4.78, 5) is 37.5. The maximum Gasteiger partial charge on any atom is 0.322 e.